The highest BCUT2D eigenvalue weighted by molar-refractivity contribution is 7.92. The van der Waals surface area contributed by atoms with Crippen molar-refractivity contribution in [3.63, 3.8) is 0 Å². The van der Waals surface area contributed by atoms with E-state index in [0.29, 0.717) is 30.4 Å². The van der Waals surface area contributed by atoms with Crippen LogP contribution in [0.5, 0.6) is 5.75 Å². The number of methoxy groups -OCH3 is 1. The van der Waals surface area contributed by atoms with E-state index in [1.165, 1.54) is 28.6 Å². The molecule has 6 nitrogen and oxygen atoms in total. The van der Waals surface area contributed by atoms with Crippen molar-refractivity contribution in [1.29, 1.82) is 0 Å². The smallest absolute Gasteiger partial charge is 0.264 e. The molecule has 166 valence electrons. The fraction of sp³-hybridized carbons (Fsp3) is 0.348. The Morgan fingerprint density at radius 2 is 1.87 bits per heavy atom. The number of hydrogen-bond acceptors (Lipinski definition) is 4. The van der Waals surface area contributed by atoms with Crippen molar-refractivity contribution in [1.82, 2.24) is 4.90 Å². The Balaban J connectivity index is 1.96. The number of sulfonamides is 1. The topological polar surface area (TPSA) is 66.9 Å². The zero-order valence-corrected chi connectivity index (χ0v) is 19.3. The number of benzene rings is 2. The van der Waals surface area contributed by atoms with Gasteiger partial charge in [0.25, 0.3) is 15.9 Å². The maximum Gasteiger partial charge on any atom is 0.264 e. The average molecular weight is 463 g/mol. The second kappa shape index (κ2) is 9.75. The predicted molar refractivity (Wildman–Crippen MR) is 123 cm³/mol. The SMILES string of the molecule is C=CCN(c1ccc(OC)cc1)S(=O)(=O)c1ccc(Cl)c(C(=O)N2CCC(C)CC2)c1. The second-order valence-corrected chi connectivity index (χ2v) is 9.91. The number of likely N-dealkylation sites (tertiary alicyclic amines) is 1. The first-order chi connectivity index (χ1) is 14.8. The zero-order valence-electron chi connectivity index (χ0n) is 17.8. The Morgan fingerprint density at radius 1 is 1.23 bits per heavy atom. The number of rotatable bonds is 7. The molecule has 1 amide bonds. The van der Waals surface area contributed by atoms with Crippen molar-refractivity contribution in [2.24, 2.45) is 5.92 Å². The summed E-state index contributed by atoms with van der Waals surface area (Å²) < 4.78 is 33.3. The minimum absolute atomic E-state index is 0.00305. The highest BCUT2D eigenvalue weighted by Gasteiger charge is 2.28. The molecule has 1 aliphatic rings. The minimum atomic E-state index is -3.96. The maximum atomic E-state index is 13.5. The largest absolute Gasteiger partial charge is 0.497 e. The molecular formula is C23H27ClN2O4S. The summed E-state index contributed by atoms with van der Waals surface area (Å²) in [6, 6.07) is 11.0. The molecule has 1 saturated heterocycles. The quantitative estimate of drug-likeness (QED) is 0.564. The monoisotopic (exact) mass is 462 g/mol. The first-order valence-electron chi connectivity index (χ1n) is 10.1. The van der Waals surface area contributed by atoms with Gasteiger partial charge in [-0.25, -0.2) is 8.42 Å². The summed E-state index contributed by atoms with van der Waals surface area (Å²) in [6.45, 7) is 7.20. The van der Waals surface area contributed by atoms with Crippen molar-refractivity contribution in [3.8, 4) is 5.75 Å². The molecule has 0 aromatic heterocycles. The number of anilines is 1. The number of hydrogen-bond donors (Lipinski definition) is 0. The van der Waals surface area contributed by atoms with E-state index in [9.17, 15) is 13.2 Å². The molecule has 0 saturated carbocycles. The molecule has 0 N–H and O–H groups in total. The van der Waals surface area contributed by atoms with Gasteiger partial charge < -0.3 is 9.64 Å². The first kappa shape index (κ1) is 23.2. The van der Waals surface area contributed by atoms with Gasteiger partial charge in [0, 0.05) is 13.1 Å². The van der Waals surface area contributed by atoms with E-state index in [0.717, 1.165) is 12.8 Å². The van der Waals surface area contributed by atoms with E-state index >= 15 is 0 Å². The van der Waals surface area contributed by atoms with Crippen LogP contribution in [0, 0.1) is 5.92 Å². The molecule has 1 heterocycles. The van der Waals surface area contributed by atoms with Crippen molar-refractivity contribution in [3.05, 3.63) is 65.7 Å². The molecule has 0 radical (unpaired) electrons. The number of amides is 1. The molecule has 0 aliphatic carbocycles. The van der Waals surface area contributed by atoms with Crippen LogP contribution in [-0.2, 0) is 10.0 Å². The van der Waals surface area contributed by atoms with Crippen LogP contribution in [0.25, 0.3) is 0 Å². The van der Waals surface area contributed by atoms with Crippen molar-refractivity contribution in [2.45, 2.75) is 24.7 Å². The van der Waals surface area contributed by atoms with Crippen molar-refractivity contribution in [2.75, 3.05) is 31.0 Å². The Morgan fingerprint density at radius 3 is 2.45 bits per heavy atom. The van der Waals surface area contributed by atoms with Gasteiger partial charge in [0.2, 0.25) is 0 Å². The van der Waals surface area contributed by atoms with E-state index in [4.69, 9.17) is 16.3 Å². The summed E-state index contributed by atoms with van der Waals surface area (Å²) in [5, 5.41) is 0.238. The van der Waals surface area contributed by atoms with E-state index in [2.05, 4.69) is 13.5 Å². The Hall–Kier alpha value is -2.51. The molecule has 0 spiro atoms. The Bertz CT molecular complexity index is 1050. The van der Waals surface area contributed by atoms with Crippen LogP contribution >= 0.6 is 11.6 Å². The van der Waals surface area contributed by atoms with Crippen molar-refractivity contribution >= 4 is 33.2 Å². The van der Waals surface area contributed by atoms with Gasteiger partial charge in [-0.2, -0.15) is 0 Å². The molecule has 0 atom stereocenters. The minimum Gasteiger partial charge on any atom is -0.497 e. The lowest BCUT2D eigenvalue weighted by atomic mass is 9.98. The summed E-state index contributed by atoms with van der Waals surface area (Å²) >= 11 is 6.29. The Labute approximate surface area is 189 Å². The van der Waals surface area contributed by atoms with Crippen LogP contribution in [0.2, 0.25) is 5.02 Å². The lowest BCUT2D eigenvalue weighted by Crippen LogP contribution is -2.38. The van der Waals surface area contributed by atoms with Crippen LogP contribution in [0.3, 0.4) is 0 Å². The normalized spacial score (nSPS) is 14.9. The van der Waals surface area contributed by atoms with Crippen LogP contribution in [0.15, 0.2) is 60.0 Å². The first-order valence-corrected chi connectivity index (χ1v) is 12.0. The van der Waals surface area contributed by atoms with Crippen LogP contribution in [0.4, 0.5) is 5.69 Å². The van der Waals surface area contributed by atoms with Gasteiger partial charge >= 0.3 is 0 Å². The maximum absolute atomic E-state index is 13.5. The van der Waals surface area contributed by atoms with Crippen LogP contribution in [-0.4, -0.2) is 46.0 Å². The number of carbonyl (C=O) groups is 1. The van der Waals surface area contributed by atoms with Crippen LogP contribution < -0.4 is 9.04 Å². The second-order valence-electron chi connectivity index (χ2n) is 7.64. The molecule has 2 aromatic rings. The van der Waals surface area contributed by atoms with Gasteiger partial charge in [-0.15, -0.1) is 6.58 Å². The van der Waals surface area contributed by atoms with E-state index in [1.54, 1.807) is 36.3 Å². The lowest BCUT2D eigenvalue weighted by Gasteiger charge is -2.30. The molecule has 0 bridgehead atoms. The highest BCUT2D eigenvalue weighted by Crippen LogP contribution is 2.29. The number of nitrogens with zero attached hydrogens (tertiary/aromatic N) is 2. The Kier molecular flexibility index (Phi) is 7.28. The summed E-state index contributed by atoms with van der Waals surface area (Å²) in [5.41, 5.74) is 0.666. The summed E-state index contributed by atoms with van der Waals surface area (Å²) in [7, 11) is -2.41. The fourth-order valence-corrected chi connectivity index (χ4v) is 5.21. The summed E-state index contributed by atoms with van der Waals surface area (Å²) in [5.74, 6) is 0.951. The molecule has 2 aromatic carbocycles. The highest BCUT2D eigenvalue weighted by atomic mass is 35.5. The average Bonchev–Trinajstić information content (AvgIpc) is 2.77. The third-order valence-electron chi connectivity index (χ3n) is 5.48. The molecule has 1 aliphatic heterocycles. The molecule has 1 fully saturated rings. The standard InChI is InChI=1S/C23H27ClN2O4S/c1-4-13-26(18-5-7-19(30-3)8-6-18)31(28,29)20-9-10-22(24)21(16-20)23(27)25-14-11-17(2)12-15-25/h4-10,16-17H,1,11-15H2,2-3H3. The van der Waals surface area contributed by atoms with Gasteiger partial charge in [-0.3, -0.25) is 9.10 Å². The van der Waals surface area contributed by atoms with Gasteiger partial charge in [0.1, 0.15) is 5.75 Å². The number of carbonyl (C=O) groups excluding carboxylic acids is 1. The van der Waals surface area contributed by atoms with E-state index in [1.807, 2.05) is 0 Å². The van der Waals surface area contributed by atoms with E-state index in [-0.39, 0.29) is 27.9 Å². The van der Waals surface area contributed by atoms with Gasteiger partial charge in [0.05, 0.1) is 34.8 Å². The predicted octanol–water partition coefficient (Wildman–Crippen LogP) is 4.60. The molecule has 31 heavy (non-hydrogen) atoms. The van der Waals surface area contributed by atoms with Crippen molar-refractivity contribution < 1.29 is 17.9 Å². The third kappa shape index (κ3) is 5.05. The summed E-state index contributed by atoms with van der Waals surface area (Å²) in [6.07, 6.45) is 3.36. The van der Waals surface area contributed by atoms with E-state index < -0.39 is 10.0 Å². The van der Waals surface area contributed by atoms with Crippen LogP contribution in [0.1, 0.15) is 30.1 Å². The molecular weight excluding hydrogens is 436 g/mol. The van der Waals surface area contributed by atoms with Gasteiger partial charge in [-0.1, -0.05) is 24.6 Å². The van der Waals surface area contributed by atoms with Gasteiger partial charge in [-0.05, 0) is 61.2 Å². The number of ether oxygens (including phenoxy) is 1. The molecule has 3 rings (SSSR count). The number of halogens is 1. The lowest BCUT2D eigenvalue weighted by molar-refractivity contribution is 0.0697. The number of piperidine rings is 1. The third-order valence-corrected chi connectivity index (χ3v) is 7.60. The molecule has 8 heteroatoms. The van der Waals surface area contributed by atoms with Gasteiger partial charge in [0.15, 0.2) is 0 Å². The zero-order chi connectivity index (χ0) is 22.6. The molecule has 0 unspecified atom stereocenters. The fourth-order valence-electron chi connectivity index (χ4n) is 3.55. The summed E-state index contributed by atoms with van der Waals surface area (Å²) in [4.78, 5) is 14.8.